The minimum Gasteiger partial charge on any atom is -0.271 e. The number of sulfonamides is 1. The van der Waals surface area contributed by atoms with Crippen LogP contribution in [-0.2, 0) is 14.8 Å². The van der Waals surface area contributed by atoms with E-state index in [1.807, 2.05) is 63.2 Å². The molecule has 0 saturated carbocycles. The van der Waals surface area contributed by atoms with E-state index in [-0.39, 0.29) is 4.90 Å². The van der Waals surface area contributed by atoms with Gasteiger partial charge in [0.05, 0.1) is 16.3 Å². The summed E-state index contributed by atoms with van der Waals surface area (Å²) in [7, 11) is -3.97. The molecule has 0 bridgehead atoms. The number of hydrogen-bond donors (Lipinski definition) is 1. The summed E-state index contributed by atoms with van der Waals surface area (Å²) in [6, 6.07) is 21.4. The van der Waals surface area contributed by atoms with E-state index in [0.29, 0.717) is 11.4 Å². The van der Waals surface area contributed by atoms with Crippen molar-refractivity contribution in [2.45, 2.75) is 32.6 Å². The van der Waals surface area contributed by atoms with Gasteiger partial charge in [0, 0.05) is 0 Å². The van der Waals surface area contributed by atoms with Crippen molar-refractivity contribution in [3.63, 3.8) is 0 Å². The maximum absolute atomic E-state index is 13.5. The van der Waals surface area contributed by atoms with Crippen LogP contribution in [0.15, 0.2) is 82.8 Å². The van der Waals surface area contributed by atoms with Gasteiger partial charge < -0.3 is 0 Å². The molecule has 0 aliphatic carbocycles. The number of hydrogen-bond acceptors (Lipinski definition) is 4. The highest BCUT2D eigenvalue weighted by atomic mass is 32.2. The summed E-state index contributed by atoms with van der Waals surface area (Å²) in [5.74, 6) is -0.532. The topological polar surface area (TPSA) is 78.8 Å². The minimum absolute atomic E-state index is 0.125. The molecule has 32 heavy (non-hydrogen) atoms. The molecular weight excluding hydrogens is 422 g/mol. The second-order valence-electron chi connectivity index (χ2n) is 7.71. The molecule has 3 aromatic rings. The average Bonchev–Trinajstić information content (AvgIpc) is 2.77. The number of anilines is 1. The Morgan fingerprint density at radius 3 is 2.16 bits per heavy atom. The first-order chi connectivity index (χ1) is 15.2. The van der Waals surface area contributed by atoms with Crippen LogP contribution in [0.3, 0.4) is 0 Å². The molecule has 0 radical (unpaired) electrons. The molecule has 0 fully saturated rings. The molecule has 0 saturated heterocycles. The fraction of sp³-hybridized carbons (Fsp3) is 0.200. The van der Waals surface area contributed by atoms with Crippen molar-refractivity contribution >= 4 is 27.3 Å². The van der Waals surface area contributed by atoms with Crippen LogP contribution >= 0.6 is 0 Å². The van der Waals surface area contributed by atoms with Gasteiger partial charge in [-0.1, -0.05) is 65.7 Å². The molecule has 166 valence electrons. The van der Waals surface area contributed by atoms with Gasteiger partial charge in [0.25, 0.3) is 15.9 Å². The van der Waals surface area contributed by atoms with Gasteiger partial charge in [-0.15, -0.1) is 0 Å². The van der Waals surface area contributed by atoms with Gasteiger partial charge in [-0.2, -0.15) is 5.10 Å². The molecule has 0 spiro atoms. The Morgan fingerprint density at radius 1 is 0.906 bits per heavy atom. The van der Waals surface area contributed by atoms with E-state index in [1.165, 1.54) is 0 Å². The Labute approximate surface area is 189 Å². The number of hydrazone groups is 1. The van der Waals surface area contributed by atoms with Crippen molar-refractivity contribution in [2.24, 2.45) is 5.10 Å². The lowest BCUT2D eigenvalue weighted by molar-refractivity contribution is -0.119. The highest BCUT2D eigenvalue weighted by Crippen LogP contribution is 2.27. The van der Waals surface area contributed by atoms with E-state index in [9.17, 15) is 13.2 Å². The largest absolute Gasteiger partial charge is 0.271 e. The Morgan fingerprint density at radius 2 is 1.53 bits per heavy atom. The summed E-state index contributed by atoms with van der Waals surface area (Å²) < 4.78 is 28.1. The first-order valence-electron chi connectivity index (χ1n) is 10.2. The first-order valence-corrected chi connectivity index (χ1v) is 11.7. The third kappa shape index (κ3) is 5.42. The molecule has 0 heterocycles. The van der Waals surface area contributed by atoms with Gasteiger partial charge in [0.1, 0.15) is 6.54 Å². The number of amides is 1. The van der Waals surface area contributed by atoms with Crippen molar-refractivity contribution in [3.05, 3.63) is 95.1 Å². The standard InChI is InChI=1S/C25H27N3O3S/c1-18-10-13-23(14-11-18)32(30,31)28(24-15-12-19(2)16-20(24)3)17-25(29)27-26-21(4)22-8-6-5-7-9-22/h5-16H,17H2,1-4H3,(H,27,29)/b26-21-. The molecule has 3 rings (SSSR count). The second-order valence-corrected chi connectivity index (χ2v) is 9.58. The van der Waals surface area contributed by atoms with Crippen molar-refractivity contribution in [2.75, 3.05) is 10.8 Å². The molecular formula is C25H27N3O3S. The molecule has 0 atom stereocenters. The van der Waals surface area contributed by atoms with Gasteiger partial charge >= 0.3 is 0 Å². The Bertz CT molecular complexity index is 1240. The molecule has 0 aliphatic rings. The van der Waals surface area contributed by atoms with E-state index in [4.69, 9.17) is 0 Å². The molecule has 0 aromatic heterocycles. The molecule has 1 amide bonds. The summed E-state index contributed by atoms with van der Waals surface area (Å²) >= 11 is 0. The lowest BCUT2D eigenvalue weighted by Crippen LogP contribution is -2.40. The molecule has 6 nitrogen and oxygen atoms in total. The summed E-state index contributed by atoms with van der Waals surface area (Å²) in [6.45, 7) is 7.03. The van der Waals surface area contributed by atoms with Crippen LogP contribution in [0, 0.1) is 20.8 Å². The number of benzene rings is 3. The summed E-state index contributed by atoms with van der Waals surface area (Å²) in [5.41, 5.74) is 7.15. The highest BCUT2D eigenvalue weighted by molar-refractivity contribution is 7.92. The fourth-order valence-electron chi connectivity index (χ4n) is 3.28. The number of nitrogens with one attached hydrogen (secondary N) is 1. The number of rotatable bonds is 7. The van der Waals surface area contributed by atoms with E-state index in [0.717, 1.165) is 26.6 Å². The van der Waals surface area contributed by atoms with E-state index >= 15 is 0 Å². The van der Waals surface area contributed by atoms with Gasteiger partial charge in [0.2, 0.25) is 0 Å². The number of aryl methyl sites for hydroxylation is 3. The molecule has 1 N–H and O–H groups in total. The van der Waals surface area contributed by atoms with Crippen LogP contribution in [0.1, 0.15) is 29.2 Å². The number of nitrogens with zero attached hydrogens (tertiary/aromatic N) is 2. The average molecular weight is 450 g/mol. The van der Waals surface area contributed by atoms with E-state index in [2.05, 4.69) is 10.5 Å². The molecule has 3 aromatic carbocycles. The van der Waals surface area contributed by atoms with Crippen LogP contribution in [0.2, 0.25) is 0 Å². The maximum atomic E-state index is 13.5. The van der Waals surface area contributed by atoms with Gasteiger partial charge in [-0.3, -0.25) is 9.10 Å². The van der Waals surface area contributed by atoms with Crippen molar-refractivity contribution in [1.29, 1.82) is 0 Å². The summed E-state index contributed by atoms with van der Waals surface area (Å²) in [6.07, 6.45) is 0. The van der Waals surface area contributed by atoms with Crippen molar-refractivity contribution in [3.8, 4) is 0 Å². The third-order valence-corrected chi connectivity index (χ3v) is 6.83. The summed E-state index contributed by atoms with van der Waals surface area (Å²) in [5, 5.41) is 4.14. The van der Waals surface area contributed by atoms with Crippen LogP contribution in [0.25, 0.3) is 0 Å². The maximum Gasteiger partial charge on any atom is 0.264 e. The Kier molecular flexibility index (Phi) is 7.10. The number of carbonyl (C=O) groups excluding carboxylic acids is 1. The van der Waals surface area contributed by atoms with Crippen LogP contribution in [0.5, 0.6) is 0 Å². The normalized spacial score (nSPS) is 11.8. The highest BCUT2D eigenvalue weighted by Gasteiger charge is 2.28. The second kappa shape index (κ2) is 9.78. The van der Waals surface area contributed by atoms with Crippen LogP contribution < -0.4 is 9.73 Å². The zero-order chi connectivity index (χ0) is 23.3. The number of carbonyl (C=O) groups is 1. The van der Waals surface area contributed by atoms with Crippen LogP contribution in [0.4, 0.5) is 5.69 Å². The van der Waals surface area contributed by atoms with Gasteiger partial charge in [-0.25, -0.2) is 13.8 Å². The van der Waals surface area contributed by atoms with Crippen LogP contribution in [-0.4, -0.2) is 26.6 Å². The molecule has 0 unspecified atom stereocenters. The van der Waals surface area contributed by atoms with Crippen molar-refractivity contribution < 1.29 is 13.2 Å². The zero-order valence-electron chi connectivity index (χ0n) is 18.7. The Hall–Kier alpha value is -3.45. The van der Waals surface area contributed by atoms with E-state index in [1.54, 1.807) is 37.3 Å². The molecule has 0 aliphatic heterocycles. The monoisotopic (exact) mass is 449 g/mol. The molecule has 7 heteroatoms. The predicted molar refractivity (Wildman–Crippen MR) is 128 cm³/mol. The third-order valence-electron chi connectivity index (χ3n) is 5.06. The van der Waals surface area contributed by atoms with Gasteiger partial charge in [-0.05, 0) is 57.0 Å². The lowest BCUT2D eigenvalue weighted by Gasteiger charge is -2.25. The first kappa shape index (κ1) is 23.2. The SMILES string of the molecule is C/C(=N/NC(=O)CN(c1ccc(C)cc1C)S(=O)(=O)c1ccc(C)cc1)c1ccccc1. The smallest absolute Gasteiger partial charge is 0.264 e. The van der Waals surface area contributed by atoms with E-state index < -0.39 is 22.5 Å². The zero-order valence-corrected chi connectivity index (χ0v) is 19.5. The van der Waals surface area contributed by atoms with Gasteiger partial charge in [0.15, 0.2) is 0 Å². The van der Waals surface area contributed by atoms with Crippen molar-refractivity contribution in [1.82, 2.24) is 5.43 Å². The minimum atomic E-state index is -3.97. The quantitative estimate of drug-likeness (QED) is 0.430. The Balaban J connectivity index is 1.92. The fourth-order valence-corrected chi connectivity index (χ4v) is 4.76. The summed E-state index contributed by atoms with van der Waals surface area (Å²) in [4.78, 5) is 12.9. The predicted octanol–water partition coefficient (Wildman–Crippen LogP) is 4.35. The lowest BCUT2D eigenvalue weighted by atomic mass is 10.1.